The summed E-state index contributed by atoms with van der Waals surface area (Å²) in [5.74, 6) is 0.727. The Bertz CT molecular complexity index is 1190. The van der Waals surface area contributed by atoms with Gasteiger partial charge in [0.05, 0.1) is 16.4 Å². The topological polar surface area (TPSA) is 112 Å². The molecule has 2 saturated heterocycles. The van der Waals surface area contributed by atoms with Gasteiger partial charge in [-0.25, -0.2) is 4.79 Å². The molecule has 5 rings (SSSR count). The van der Waals surface area contributed by atoms with Crippen molar-refractivity contribution in [3.63, 3.8) is 0 Å². The van der Waals surface area contributed by atoms with Crippen molar-refractivity contribution in [2.75, 3.05) is 44.7 Å². The Morgan fingerprint density at radius 2 is 1.79 bits per heavy atom. The number of likely N-dealkylation sites (tertiary alicyclic amines) is 1. The van der Waals surface area contributed by atoms with Gasteiger partial charge in [0.25, 0.3) is 5.69 Å². The average molecular weight is 532 g/mol. The number of nitrogens with one attached hydrogen (secondary N) is 1. The number of benzene rings is 2. The van der Waals surface area contributed by atoms with Crippen LogP contribution in [0.15, 0.2) is 54.6 Å². The van der Waals surface area contributed by atoms with Crippen LogP contribution in [-0.2, 0) is 10.2 Å². The molecule has 2 aromatic rings. The maximum Gasteiger partial charge on any atom is 0.407 e. The summed E-state index contributed by atoms with van der Waals surface area (Å²) in [5.41, 5.74) is 1.50. The molecule has 2 heterocycles. The molecule has 0 aromatic heterocycles. The lowest BCUT2D eigenvalue weighted by molar-refractivity contribution is -0.384. The lowest BCUT2D eigenvalue weighted by atomic mass is 9.59. The molecule has 0 bridgehead atoms. The van der Waals surface area contributed by atoms with Gasteiger partial charge in [-0.2, -0.15) is 5.26 Å². The number of amides is 1. The van der Waals surface area contributed by atoms with Crippen molar-refractivity contribution in [3.05, 3.63) is 70.3 Å². The summed E-state index contributed by atoms with van der Waals surface area (Å²) in [4.78, 5) is 27.5. The Labute approximate surface area is 229 Å². The second kappa shape index (κ2) is 11.6. The number of carbonyl (C=O) groups is 1. The van der Waals surface area contributed by atoms with Gasteiger partial charge in [0.15, 0.2) is 0 Å². The van der Waals surface area contributed by atoms with E-state index in [0.29, 0.717) is 5.92 Å². The number of ether oxygens (including phenoxy) is 1. The molecule has 9 nitrogen and oxygen atoms in total. The minimum Gasteiger partial charge on any atom is -0.446 e. The van der Waals surface area contributed by atoms with E-state index in [1.807, 2.05) is 30.3 Å². The molecule has 39 heavy (non-hydrogen) atoms. The van der Waals surface area contributed by atoms with Crippen molar-refractivity contribution in [3.8, 4) is 6.07 Å². The average Bonchev–Trinajstić information content (AvgIpc) is 3.41. The SMILES string of the molecule is CNC(=O)OC1CCCC1C(C#N)(c1ccccc1)C1CCN(CC2CN(c3ccc([N+](=O)[O-])cc3)C2)CC1. The predicted octanol–water partition coefficient (Wildman–Crippen LogP) is 4.73. The zero-order valence-electron chi connectivity index (χ0n) is 22.5. The van der Waals surface area contributed by atoms with Crippen LogP contribution in [0.5, 0.6) is 0 Å². The van der Waals surface area contributed by atoms with Crippen LogP contribution in [-0.4, -0.2) is 61.8 Å². The number of rotatable bonds is 8. The van der Waals surface area contributed by atoms with Crippen LogP contribution < -0.4 is 10.2 Å². The maximum atomic E-state index is 12.1. The largest absolute Gasteiger partial charge is 0.446 e. The predicted molar refractivity (Wildman–Crippen MR) is 148 cm³/mol. The summed E-state index contributed by atoms with van der Waals surface area (Å²) in [6.45, 7) is 4.81. The van der Waals surface area contributed by atoms with Crippen molar-refractivity contribution in [1.82, 2.24) is 10.2 Å². The molecule has 3 atom stereocenters. The number of alkyl carbamates (subject to hydrolysis) is 1. The molecule has 0 spiro atoms. The van der Waals surface area contributed by atoms with Gasteiger partial charge in [-0.05, 0) is 68.8 Å². The van der Waals surface area contributed by atoms with Gasteiger partial charge in [0.1, 0.15) is 6.10 Å². The third-order valence-corrected chi connectivity index (χ3v) is 9.07. The summed E-state index contributed by atoms with van der Waals surface area (Å²) in [6, 6.07) is 19.7. The van der Waals surface area contributed by atoms with Crippen LogP contribution in [0, 0.1) is 39.2 Å². The van der Waals surface area contributed by atoms with Crippen LogP contribution in [0.25, 0.3) is 0 Å². The van der Waals surface area contributed by atoms with E-state index in [1.165, 1.54) is 0 Å². The first-order chi connectivity index (χ1) is 18.9. The van der Waals surface area contributed by atoms with E-state index in [4.69, 9.17) is 4.74 Å². The molecule has 2 aromatic carbocycles. The first kappa shape index (κ1) is 26.9. The number of anilines is 1. The monoisotopic (exact) mass is 531 g/mol. The molecule has 3 aliphatic rings. The van der Waals surface area contributed by atoms with Crippen LogP contribution in [0.1, 0.15) is 37.7 Å². The second-order valence-electron chi connectivity index (χ2n) is 11.2. The Hall–Kier alpha value is -3.64. The Morgan fingerprint density at radius 3 is 2.41 bits per heavy atom. The van der Waals surface area contributed by atoms with Gasteiger partial charge in [-0.15, -0.1) is 0 Å². The highest BCUT2D eigenvalue weighted by Crippen LogP contribution is 2.51. The third-order valence-electron chi connectivity index (χ3n) is 9.07. The quantitative estimate of drug-likeness (QED) is 0.387. The fourth-order valence-corrected chi connectivity index (χ4v) is 7.11. The van der Waals surface area contributed by atoms with Crippen molar-refractivity contribution >= 4 is 17.5 Å². The zero-order chi connectivity index (χ0) is 27.4. The van der Waals surface area contributed by atoms with Crippen molar-refractivity contribution in [2.45, 2.75) is 43.6 Å². The molecule has 9 heteroatoms. The standard InChI is InChI=1S/C30H37N5O4/c1-32-29(36)39-28-9-5-8-27(28)30(21-31,23-6-3-2-4-7-23)24-14-16-33(17-15-24)18-22-19-34(20-22)25-10-12-26(13-11-25)35(37)38/h2-4,6-7,10-13,22,24,27-28H,5,8-9,14-20H2,1H3,(H,32,36). The minimum atomic E-state index is -0.689. The fourth-order valence-electron chi connectivity index (χ4n) is 7.11. The molecule has 1 N–H and O–H groups in total. The second-order valence-corrected chi connectivity index (χ2v) is 11.2. The van der Waals surface area contributed by atoms with E-state index in [0.717, 1.165) is 76.1 Å². The number of piperidine rings is 1. The molecule has 3 unspecified atom stereocenters. The number of nitro groups is 1. The van der Waals surface area contributed by atoms with E-state index < -0.39 is 11.5 Å². The summed E-state index contributed by atoms with van der Waals surface area (Å²) < 4.78 is 5.80. The van der Waals surface area contributed by atoms with E-state index in [-0.39, 0.29) is 28.6 Å². The first-order valence-corrected chi connectivity index (χ1v) is 14.0. The Kier molecular flexibility index (Phi) is 8.03. The van der Waals surface area contributed by atoms with Gasteiger partial charge >= 0.3 is 6.09 Å². The normalized spacial score (nSPS) is 23.8. The molecule has 3 fully saturated rings. The Morgan fingerprint density at radius 1 is 1.10 bits per heavy atom. The van der Waals surface area contributed by atoms with Gasteiger partial charge in [0, 0.05) is 56.3 Å². The number of nitrogens with zero attached hydrogens (tertiary/aromatic N) is 4. The summed E-state index contributed by atoms with van der Waals surface area (Å²) >= 11 is 0. The first-order valence-electron chi connectivity index (χ1n) is 14.0. The molecular weight excluding hydrogens is 494 g/mol. The molecule has 2 aliphatic heterocycles. The van der Waals surface area contributed by atoms with E-state index in [9.17, 15) is 20.2 Å². The minimum absolute atomic E-state index is 0.0272. The highest BCUT2D eigenvalue weighted by atomic mass is 16.6. The number of hydrogen-bond acceptors (Lipinski definition) is 7. The Balaban J connectivity index is 1.23. The van der Waals surface area contributed by atoms with Crippen molar-refractivity contribution < 1.29 is 14.5 Å². The van der Waals surface area contributed by atoms with Crippen LogP contribution >= 0.6 is 0 Å². The van der Waals surface area contributed by atoms with Crippen LogP contribution in [0.2, 0.25) is 0 Å². The number of nitro benzene ring substituents is 1. The van der Waals surface area contributed by atoms with E-state index in [1.54, 1.807) is 19.2 Å². The summed E-state index contributed by atoms with van der Waals surface area (Å²) in [5, 5.41) is 24.3. The van der Waals surface area contributed by atoms with Gasteiger partial charge in [0.2, 0.25) is 0 Å². The van der Waals surface area contributed by atoms with Gasteiger partial charge in [-0.3, -0.25) is 10.1 Å². The van der Waals surface area contributed by atoms with Gasteiger partial charge < -0.3 is 19.9 Å². The molecule has 0 radical (unpaired) electrons. The number of hydrogen-bond donors (Lipinski definition) is 1. The zero-order valence-corrected chi connectivity index (χ0v) is 22.5. The van der Waals surface area contributed by atoms with E-state index >= 15 is 0 Å². The third kappa shape index (κ3) is 5.44. The maximum absolute atomic E-state index is 12.1. The molecular formula is C30H37N5O4. The fraction of sp³-hybridized carbons (Fsp3) is 0.533. The van der Waals surface area contributed by atoms with Crippen molar-refractivity contribution in [1.29, 1.82) is 5.26 Å². The molecule has 206 valence electrons. The van der Waals surface area contributed by atoms with Gasteiger partial charge in [-0.1, -0.05) is 30.3 Å². The lowest BCUT2D eigenvalue weighted by Gasteiger charge is -2.47. The number of nitriles is 1. The highest BCUT2D eigenvalue weighted by molar-refractivity contribution is 5.67. The van der Waals surface area contributed by atoms with Crippen LogP contribution in [0.3, 0.4) is 0 Å². The molecule has 1 saturated carbocycles. The summed E-state index contributed by atoms with van der Waals surface area (Å²) in [7, 11) is 1.57. The summed E-state index contributed by atoms with van der Waals surface area (Å²) in [6.07, 6.45) is 3.81. The van der Waals surface area contributed by atoms with E-state index in [2.05, 4.69) is 33.3 Å². The lowest BCUT2D eigenvalue weighted by Crippen LogP contribution is -2.54. The highest BCUT2D eigenvalue weighted by Gasteiger charge is 2.53. The smallest absolute Gasteiger partial charge is 0.407 e. The number of carbonyl (C=O) groups excluding carboxylic acids is 1. The number of non-ortho nitro benzene ring substituents is 1. The molecule has 1 amide bonds. The van der Waals surface area contributed by atoms with Crippen molar-refractivity contribution in [2.24, 2.45) is 17.8 Å². The van der Waals surface area contributed by atoms with Crippen LogP contribution in [0.4, 0.5) is 16.2 Å². The molecule has 1 aliphatic carbocycles.